The summed E-state index contributed by atoms with van der Waals surface area (Å²) in [6, 6.07) is 12.2. The van der Waals surface area contributed by atoms with Gasteiger partial charge in [-0.05, 0) is 36.2 Å². The predicted molar refractivity (Wildman–Crippen MR) is 117 cm³/mol. The Morgan fingerprint density at radius 2 is 1.82 bits per heavy atom. The lowest BCUT2D eigenvalue weighted by atomic mass is 9.98. The number of rotatable bonds is 7. The van der Waals surface area contributed by atoms with Gasteiger partial charge < -0.3 is 24.8 Å². The van der Waals surface area contributed by atoms with Gasteiger partial charge >= 0.3 is 0 Å². The second-order valence-electron chi connectivity index (χ2n) is 6.61. The zero-order valence-corrected chi connectivity index (χ0v) is 17.5. The first-order chi connectivity index (χ1) is 13.2. The molecule has 1 saturated heterocycles. The van der Waals surface area contributed by atoms with Crippen LogP contribution in [0.15, 0.2) is 43.0 Å². The molecule has 0 radical (unpaired) electrons. The smallest absolute Gasteiger partial charge is 0.130 e. The van der Waals surface area contributed by atoms with Crippen molar-refractivity contribution in [3.63, 3.8) is 0 Å². The molecule has 2 atom stereocenters. The van der Waals surface area contributed by atoms with Gasteiger partial charge in [-0.1, -0.05) is 24.8 Å². The molecule has 0 amide bonds. The second-order valence-corrected chi connectivity index (χ2v) is 6.61. The number of halogens is 1. The van der Waals surface area contributed by atoms with Crippen molar-refractivity contribution in [1.29, 1.82) is 0 Å². The van der Waals surface area contributed by atoms with E-state index in [1.165, 1.54) is 0 Å². The first-order valence-electron chi connectivity index (χ1n) is 9.26. The van der Waals surface area contributed by atoms with Crippen LogP contribution in [0.2, 0.25) is 0 Å². The Morgan fingerprint density at radius 1 is 1.07 bits per heavy atom. The van der Waals surface area contributed by atoms with Crippen LogP contribution in [0.1, 0.15) is 12.5 Å². The predicted octanol–water partition coefficient (Wildman–Crippen LogP) is 3.76. The van der Waals surface area contributed by atoms with E-state index in [9.17, 15) is 0 Å². The average Bonchev–Trinajstić information content (AvgIpc) is 2.73. The molecule has 1 aliphatic heterocycles. The maximum absolute atomic E-state index is 6.12. The standard InChI is InChI=1S/C22H28N2O3.ClH/c1-5-16-12-19(25-3)13-21(26-4)22(16)17-6-8-18(9-7-17)27-15(2)20-14-23-10-11-24-20;/h5-9,12-13,15,20,23-24H,1,10-11,14H2,2-4H3;1H. The summed E-state index contributed by atoms with van der Waals surface area (Å²) >= 11 is 0. The average molecular weight is 405 g/mol. The minimum absolute atomic E-state index is 0. The number of piperazine rings is 1. The fourth-order valence-corrected chi connectivity index (χ4v) is 3.36. The number of hydrogen-bond donors (Lipinski definition) is 2. The first-order valence-corrected chi connectivity index (χ1v) is 9.26. The van der Waals surface area contributed by atoms with Gasteiger partial charge in [-0.15, -0.1) is 12.4 Å². The lowest BCUT2D eigenvalue weighted by molar-refractivity contribution is 0.159. The maximum atomic E-state index is 6.12. The van der Waals surface area contributed by atoms with E-state index < -0.39 is 0 Å². The van der Waals surface area contributed by atoms with Crippen molar-refractivity contribution in [3.8, 4) is 28.4 Å². The van der Waals surface area contributed by atoms with E-state index in [-0.39, 0.29) is 18.5 Å². The molecule has 6 heteroatoms. The van der Waals surface area contributed by atoms with Crippen molar-refractivity contribution in [2.75, 3.05) is 33.9 Å². The van der Waals surface area contributed by atoms with Crippen LogP contribution in [0.3, 0.4) is 0 Å². The molecule has 0 spiro atoms. The van der Waals surface area contributed by atoms with E-state index in [1.807, 2.05) is 42.5 Å². The highest BCUT2D eigenvalue weighted by molar-refractivity contribution is 5.85. The van der Waals surface area contributed by atoms with Crippen LogP contribution in [-0.2, 0) is 0 Å². The molecule has 1 aliphatic rings. The van der Waals surface area contributed by atoms with E-state index in [0.29, 0.717) is 6.04 Å². The quantitative estimate of drug-likeness (QED) is 0.735. The molecule has 2 N–H and O–H groups in total. The summed E-state index contributed by atoms with van der Waals surface area (Å²) in [6.45, 7) is 8.93. The molecule has 1 heterocycles. The summed E-state index contributed by atoms with van der Waals surface area (Å²) in [4.78, 5) is 0. The third kappa shape index (κ3) is 4.98. The van der Waals surface area contributed by atoms with E-state index in [1.54, 1.807) is 14.2 Å². The third-order valence-electron chi connectivity index (χ3n) is 4.89. The van der Waals surface area contributed by atoms with Crippen LogP contribution in [0.5, 0.6) is 17.2 Å². The summed E-state index contributed by atoms with van der Waals surface area (Å²) in [6.07, 6.45) is 1.90. The third-order valence-corrected chi connectivity index (χ3v) is 4.89. The molecule has 3 rings (SSSR count). The molecule has 2 aromatic carbocycles. The lowest BCUT2D eigenvalue weighted by Crippen LogP contribution is -2.54. The van der Waals surface area contributed by atoms with E-state index in [2.05, 4.69) is 24.1 Å². The van der Waals surface area contributed by atoms with Gasteiger partial charge in [-0.2, -0.15) is 0 Å². The molecule has 0 bridgehead atoms. The number of hydrogen-bond acceptors (Lipinski definition) is 5. The van der Waals surface area contributed by atoms with Crippen LogP contribution in [-0.4, -0.2) is 46.0 Å². The number of benzene rings is 2. The Morgan fingerprint density at radius 3 is 2.39 bits per heavy atom. The lowest BCUT2D eigenvalue weighted by Gasteiger charge is -2.30. The number of ether oxygens (including phenoxy) is 3. The van der Waals surface area contributed by atoms with Crippen LogP contribution < -0.4 is 24.8 Å². The monoisotopic (exact) mass is 404 g/mol. The molecule has 2 aromatic rings. The normalized spacial score (nSPS) is 17.2. The minimum Gasteiger partial charge on any atom is -0.497 e. The van der Waals surface area contributed by atoms with Gasteiger partial charge in [-0.25, -0.2) is 0 Å². The van der Waals surface area contributed by atoms with Gasteiger partial charge in [0.2, 0.25) is 0 Å². The number of methoxy groups -OCH3 is 2. The second kappa shape index (κ2) is 10.4. The Kier molecular flexibility index (Phi) is 8.18. The minimum atomic E-state index is 0. The van der Waals surface area contributed by atoms with E-state index in [4.69, 9.17) is 14.2 Å². The highest BCUT2D eigenvalue weighted by Crippen LogP contribution is 2.38. The van der Waals surface area contributed by atoms with Gasteiger partial charge in [0, 0.05) is 31.3 Å². The van der Waals surface area contributed by atoms with Crippen LogP contribution in [0.4, 0.5) is 0 Å². The Hall–Kier alpha value is -2.21. The van der Waals surface area contributed by atoms with Crippen molar-refractivity contribution >= 4 is 18.5 Å². The Labute approximate surface area is 173 Å². The summed E-state index contributed by atoms with van der Waals surface area (Å²) < 4.78 is 17.1. The van der Waals surface area contributed by atoms with Gasteiger partial charge in [0.05, 0.1) is 20.3 Å². The highest BCUT2D eigenvalue weighted by atomic mass is 35.5. The van der Waals surface area contributed by atoms with E-state index in [0.717, 1.165) is 53.6 Å². The van der Waals surface area contributed by atoms with Crippen molar-refractivity contribution < 1.29 is 14.2 Å². The Balaban J connectivity index is 0.00000280. The molecular weight excluding hydrogens is 376 g/mol. The zero-order chi connectivity index (χ0) is 19.2. The summed E-state index contributed by atoms with van der Waals surface area (Å²) in [5.41, 5.74) is 3.00. The molecule has 1 fully saturated rings. The van der Waals surface area contributed by atoms with E-state index >= 15 is 0 Å². The summed E-state index contributed by atoms with van der Waals surface area (Å²) in [5.74, 6) is 2.35. The Bertz CT molecular complexity index is 774. The SMILES string of the molecule is C=Cc1cc(OC)cc(OC)c1-c1ccc(OC(C)C2CNCCN2)cc1.Cl. The molecule has 152 valence electrons. The van der Waals surface area contributed by atoms with Crippen molar-refractivity contribution in [1.82, 2.24) is 10.6 Å². The maximum Gasteiger partial charge on any atom is 0.130 e. The van der Waals surface area contributed by atoms with Gasteiger partial charge in [-0.3, -0.25) is 0 Å². The number of nitrogens with one attached hydrogen (secondary N) is 2. The van der Waals surface area contributed by atoms with Gasteiger partial charge in [0.25, 0.3) is 0 Å². The fourth-order valence-electron chi connectivity index (χ4n) is 3.36. The molecule has 0 aliphatic carbocycles. The van der Waals surface area contributed by atoms with Crippen LogP contribution in [0, 0.1) is 0 Å². The fraction of sp³-hybridized carbons (Fsp3) is 0.364. The molecular formula is C22H29ClN2O3. The van der Waals surface area contributed by atoms with Crippen LogP contribution in [0.25, 0.3) is 17.2 Å². The van der Waals surface area contributed by atoms with Crippen molar-refractivity contribution in [3.05, 3.63) is 48.5 Å². The van der Waals surface area contributed by atoms with Crippen molar-refractivity contribution in [2.24, 2.45) is 0 Å². The van der Waals surface area contributed by atoms with Gasteiger partial charge in [0.15, 0.2) is 0 Å². The molecule has 0 saturated carbocycles. The van der Waals surface area contributed by atoms with Gasteiger partial charge in [0.1, 0.15) is 23.4 Å². The molecule has 2 unspecified atom stereocenters. The molecule has 0 aromatic heterocycles. The van der Waals surface area contributed by atoms with Crippen LogP contribution >= 0.6 is 12.4 Å². The topological polar surface area (TPSA) is 51.8 Å². The first kappa shape index (κ1) is 22.1. The highest BCUT2D eigenvalue weighted by Gasteiger charge is 2.20. The summed E-state index contributed by atoms with van der Waals surface area (Å²) in [5, 5.41) is 6.88. The molecule has 28 heavy (non-hydrogen) atoms. The zero-order valence-electron chi connectivity index (χ0n) is 16.7. The largest absolute Gasteiger partial charge is 0.497 e. The molecule has 5 nitrogen and oxygen atoms in total. The van der Waals surface area contributed by atoms with Crippen molar-refractivity contribution in [2.45, 2.75) is 19.1 Å². The summed E-state index contributed by atoms with van der Waals surface area (Å²) in [7, 11) is 3.31.